The predicted octanol–water partition coefficient (Wildman–Crippen LogP) is 3.66. The van der Waals surface area contributed by atoms with Gasteiger partial charge in [-0.05, 0) is 31.0 Å². The van der Waals surface area contributed by atoms with E-state index in [-0.39, 0.29) is 17.4 Å². The zero-order valence-corrected chi connectivity index (χ0v) is 14.0. The van der Waals surface area contributed by atoms with Gasteiger partial charge in [0, 0.05) is 21.9 Å². The van der Waals surface area contributed by atoms with E-state index in [1.165, 1.54) is 17.0 Å². The molecule has 0 fully saturated rings. The summed E-state index contributed by atoms with van der Waals surface area (Å²) in [4.78, 5) is 13.3. The van der Waals surface area contributed by atoms with E-state index in [2.05, 4.69) is 17.5 Å². The average Bonchev–Trinajstić information content (AvgIpc) is 2.98. The Morgan fingerprint density at radius 3 is 2.70 bits per heavy atom. The second kappa shape index (κ2) is 7.78. The minimum absolute atomic E-state index is 0.0209. The van der Waals surface area contributed by atoms with Crippen molar-refractivity contribution >= 4 is 23.0 Å². The fourth-order valence-electron chi connectivity index (χ4n) is 2.15. The van der Waals surface area contributed by atoms with Gasteiger partial charge in [0.15, 0.2) is 0 Å². The molecule has 2 rings (SSSR count). The van der Waals surface area contributed by atoms with E-state index in [9.17, 15) is 15.0 Å². The smallest absolute Gasteiger partial charge is 0.272 e. The van der Waals surface area contributed by atoms with Crippen LogP contribution in [0.5, 0.6) is 11.5 Å². The van der Waals surface area contributed by atoms with Gasteiger partial charge in [-0.1, -0.05) is 20.3 Å². The van der Waals surface area contributed by atoms with Crippen molar-refractivity contribution in [1.29, 1.82) is 0 Å². The maximum absolute atomic E-state index is 12.1. The van der Waals surface area contributed by atoms with Crippen LogP contribution in [-0.4, -0.2) is 21.8 Å². The molecule has 6 heteroatoms. The molecule has 2 aromatic rings. The molecule has 1 aromatic heterocycles. The number of aromatic hydroxyl groups is 2. The molecule has 23 heavy (non-hydrogen) atoms. The molecule has 0 spiro atoms. The number of nitrogens with zero attached hydrogens (tertiary/aromatic N) is 1. The van der Waals surface area contributed by atoms with Crippen LogP contribution in [-0.2, 0) is 6.42 Å². The van der Waals surface area contributed by atoms with Crippen LogP contribution in [0.4, 0.5) is 0 Å². The Kier molecular flexibility index (Phi) is 5.76. The van der Waals surface area contributed by atoms with Gasteiger partial charge in [0.1, 0.15) is 11.5 Å². The lowest BCUT2D eigenvalue weighted by atomic mass is 10.1. The first-order chi connectivity index (χ1) is 11.0. The van der Waals surface area contributed by atoms with Crippen molar-refractivity contribution in [2.24, 2.45) is 5.10 Å². The second-order valence-corrected chi connectivity index (χ2v) is 6.10. The van der Waals surface area contributed by atoms with E-state index in [1.54, 1.807) is 17.4 Å². The third kappa shape index (κ3) is 4.32. The van der Waals surface area contributed by atoms with Gasteiger partial charge in [-0.2, -0.15) is 5.10 Å². The Hall–Kier alpha value is -2.34. The lowest BCUT2D eigenvalue weighted by Gasteiger charge is -2.07. The van der Waals surface area contributed by atoms with E-state index in [1.807, 2.05) is 18.4 Å². The zero-order valence-electron chi connectivity index (χ0n) is 13.2. The van der Waals surface area contributed by atoms with Gasteiger partial charge < -0.3 is 10.2 Å². The molecule has 0 aliphatic carbocycles. The summed E-state index contributed by atoms with van der Waals surface area (Å²) in [5.74, 6) is -0.360. The van der Waals surface area contributed by atoms with Crippen LogP contribution < -0.4 is 5.43 Å². The summed E-state index contributed by atoms with van der Waals surface area (Å²) in [5, 5.41) is 25.2. The highest BCUT2D eigenvalue weighted by atomic mass is 32.1. The molecule has 0 atom stereocenters. The third-order valence-electron chi connectivity index (χ3n) is 3.33. The van der Waals surface area contributed by atoms with E-state index in [4.69, 9.17) is 0 Å². The second-order valence-electron chi connectivity index (χ2n) is 5.11. The lowest BCUT2D eigenvalue weighted by molar-refractivity contribution is 0.0955. The number of benzene rings is 1. The standard InChI is InChI=1S/C17H20N2O3S/c1-3-5-13-8-11(10-23-13)17(22)19-18-15(4-2)14-7-6-12(20)9-16(14)21/h6-10,20-21H,3-5H2,1-2H3,(H,19,22). The van der Waals surface area contributed by atoms with Crippen molar-refractivity contribution in [3.8, 4) is 11.5 Å². The van der Waals surface area contributed by atoms with Gasteiger partial charge in [-0.3, -0.25) is 4.79 Å². The summed E-state index contributed by atoms with van der Waals surface area (Å²) in [6.07, 6.45) is 2.53. The fourth-order valence-corrected chi connectivity index (χ4v) is 3.12. The van der Waals surface area contributed by atoms with Crippen LogP contribution in [0.1, 0.15) is 47.5 Å². The minimum Gasteiger partial charge on any atom is -0.508 e. The fraction of sp³-hybridized carbons (Fsp3) is 0.294. The number of amides is 1. The van der Waals surface area contributed by atoms with Crippen molar-refractivity contribution in [3.05, 3.63) is 45.6 Å². The van der Waals surface area contributed by atoms with Crippen LogP contribution in [0.2, 0.25) is 0 Å². The molecule has 3 N–H and O–H groups in total. The molecular weight excluding hydrogens is 312 g/mol. The Balaban J connectivity index is 2.13. The monoisotopic (exact) mass is 332 g/mol. The van der Waals surface area contributed by atoms with E-state index in [0.29, 0.717) is 23.3 Å². The van der Waals surface area contributed by atoms with Gasteiger partial charge in [-0.25, -0.2) is 5.43 Å². The summed E-state index contributed by atoms with van der Waals surface area (Å²) >= 11 is 1.57. The molecule has 0 aliphatic heterocycles. The number of aryl methyl sites for hydroxylation is 1. The average molecular weight is 332 g/mol. The summed E-state index contributed by atoms with van der Waals surface area (Å²) in [7, 11) is 0. The van der Waals surface area contributed by atoms with Gasteiger partial charge in [-0.15, -0.1) is 11.3 Å². The Morgan fingerprint density at radius 1 is 1.26 bits per heavy atom. The van der Waals surface area contributed by atoms with Crippen LogP contribution >= 0.6 is 11.3 Å². The number of thiophene rings is 1. The number of carbonyl (C=O) groups excluding carboxylic acids is 1. The number of hydrogen-bond acceptors (Lipinski definition) is 5. The van der Waals surface area contributed by atoms with E-state index in [0.717, 1.165) is 12.8 Å². The Bertz CT molecular complexity index is 722. The zero-order chi connectivity index (χ0) is 16.8. The molecule has 0 radical (unpaired) electrons. The molecule has 122 valence electrons. The number of hydrazone groups is 1. The predicted molar refractivity (Wildman–Crippen MR) is 92.4 cm³/mol. The van der Waals surface area contributed by atoms with Crippen molar-refractivity contribution in [2.75, 3.05) is 0 Å². The SMILES string of the molecule is CCCc1cc(C(=O)NN=C(CC)c2ccc(O)cc2O)cs1. The first-order valence-corrected chi connectivity index (χ1v) is 8.39. The number of phenols is 2. The van der Waals surface area contributed by atoms with E-state index < -0.39 is 0 Å². The number of rotatable bonds is 6. The van der Waals surface area contributed by atoms with Crippen LogP contribution in [0, 0.1) is 0 Å². The molecule has 0 unspecified atom stereocenters. The van der Waals surface area contributed by atoms with Gasteiger partial charge in [0.05, 0.1) is 11.3 Å². The topological polar surface area (TPSA) is 81.9 Å². The minimum atomic E-state index is -0.271. The highest BCUT2D eigenvalue weighted by Gasteiger charge is 2.11. The molecule has 5 nitrogen and oxygen atoms in total. The van der Waals surface area contributed by atoms with Crippen LogP contribution in [0.15, 0.2) is 34.7 Å². The van der Waals surface area contributed by atoms with Crippen molar-refractivity contribution in [1.82, 2.24) is 5.43 Å². The van der Waals surface area contributed by atoms with Crippen molar-refractivity contribution < 1.29 is 15.0 Å². The molecule has 0 saturated carbocycles. The molecule has 1 heterocycles. The van der Waals surface area contributed by atoms with Crippen LogP contribution in [0.3, 0.4) is 0 Å². The largest absolute Gasteiger partial charge is 0.508 e. The van der Waals surface area contributed by atoms with E-state index >= 15 is 0 Å². The first-order valence-electron chi connectivity index (χ1n) is 7.51. The Labute approximate surface area is 139 Å². The summed E-state index contributed by atoms with van der Waals surface area (Å²) < 4.78 is 0. The Morgan fingerprint density at radius 2 is 2.04 bits per heavy atom. The molecule has 1 amide bonds. The molecular formula is C17H20N2O3S. The van der Waals surface area contributed by atoms with Crippen molar-refractivity contribution in [2.45, 2.75) is 33.1 Å². The van der Waals surface area contributed by atoms with Gasteiger partial charge >= 0.3 is 0 Å². The number of phenolic OH excluding ortho intramolecular Hbond substituents is 2. The maximum Gasteiger partial charge on any atom is 0.272 e. The highest BCUT2D eigenvalue weighted by Crippen LogP contribution is 2.24. The third-order valence-corrected chi connectivity index (χ3v) is 4.33. The summed E-state index contributed by atoms with van der Waals surface area (Å²) in [5.41, 5.74) is 4.15. The van der Waals surface area contributed by atoms with Gasteiger partial charge in [0.25, 0.3) is 5.91 Å². The molecule has 0 saturated heterocycles. The maximum atomic E-state index is 12.1. The number of hydrogen-bond donors (Lipinski definition) is 3. The normalized spacial score (nSPS) is 11.5. The lowest BCUT2D eigenvalue weighted by Crippen LogP contribution is -2.19. The summed E-state index contributed by atoms with van der Waals surface area (Å²) in [6.45, 7) is 3.97. The first kappa shape index (κ1) is 17.0. The van der Waals surface area contributed by atoms with Crippen LogP contribution in [0.25, 0.3) is 0 Å². The number of carbonyl (C=O) groups is 1. The molecule has 0 bridgehead atoms. The molecule has 1 aromatic carbocycles. The highest BCUT2D eigenvalue weighted by molar-refractivity contribution is 7.10. The summed E-state index contributed by atoms with van der Waals surface area (Å²) in [6, 6.07) is 6.17. The quantitative estimate of drug-likeness (QED) is 0.558. The van der Waals surface area contributed by atoms with Crippen molar-refractivity contribution in [3.63, 3.8) is 0 Å². The van der Waals surface area contributed by atoms with Gasteiger partial charge in [0.2, 0.25) is 0 Å². The number of nitrogens with one attached hydrogen (secondary N) is 1. The molecule has 0 aliphatic rings.